The largest absolute Gasteiger partial charge is 0.462 e. The van der Waals surface area contributed by atoms with E-state index in [0.29, 0.717) is 19.3 Å². The Morgan fingerprint density at radius 2 is 0.557 bits per heavy atom. The molecule has 6 heteroatoms. The van der Waals surface area contributed by atoms with Crippen LogP contribution >= 0.6 is 0 Å². The molecule has 0 fully saturated rings. The summed E-state index contributed by atoms with van der Waals surface area (Å²) in [5.41, 5.74) is 0. The number of unbranched alkanes of at least 4 members (excludes halogenated alkanes) is 34. The van der Waals surface area contributed by atoms with Crippen LogP contribution in [0.15, 0.2) is 24.3 Å². The van der Waals surface area contributed by atoms with Crippen LogP contribution < -0.4 is 0 Å². The summed E-state index contributed by atoms with van der Waals surface area (Å²) in [5.74, 6) is -0.870. The maximum Gasteiger partial charge on any atom is 0.306 e. The maximum absolute atomic E-state index is 12.7. The lowest BCUT2D eigenvalue weighted by atomic mass is 10.0. The number of carbonyl (C=O) groups excluding carboxylic acids is 3. The molecule has 0 aliphatic heterocycles. The molecule has 0 aliphatic rings. The highest BCUT2D eigenvalue weighted by Gasteiger charge is 2.19. The number of hydrogen-bond acceptors (Lipinski definition) is 6. The monoisotopic (exact) mass is 859 g/mol. The zero-order valence-corrected chi connectivity index (χ0v) is 40.9. The molecule has 0 aliphatic carbocycles. The van der Waals surface area contributed by atoms with E-state index in [0.717, 1.165) is 64.2 Å². The van der Waals surface area contributed by atoms with Crippen LogP contribution in [0.3, 0.4) is 0 Å². The quantitative estimate of drug-likeness (QED) is 0.0262. The summed E-state index contributed by atoms with van der Waals surface area (Å²) in [6.07, 6.45) is 57.4. The first-order chi connectivity index (χ1) is 30.0. The summed E-state index contributed by atoms with van der Waals surface area (Å²) in [6.45, 7) is 6.61. The zero-order valence-electron chi connectivity index (χ0n) is 40.9. The van der Waals surface area contributed by atoms with Crippen molar-refractivity contribution in [2.24, 2.45) is 0 Å². The van der Waals surface area contributed by atoms with Crippen molar-refractivity contribution in [1.29, 1.82) is 0 Å². The van der Waals surface area contributed by atoms with Crippen LogP contribution in [0.2, 0.25) is 0 Å². The molecule has 0 amide bonds. The molecule has 0 aromatic heterocycles. The number of allylic oxidation sites excluding steroid dienone is 4. The van der Waals surface area contributed by atoms with E-state index < -0.39 is 6.10 Å². The minimum atomic E-state index is -0.770. The average molecular weight is 859 g/mol. The Balaban J connectivity index is 4.22. The Morgan fingerprint density at radius 1 is 0.311 bits per heavy atom. The highest BCUT2D eigenvalue weighted by Crippen LogP contribution is 2.16. The smallest absolute Gasteiger partial charge is 0.306 e. The first-order valence-electron chi connectivity index (χ1n) is 26.8. The summed E-state index contributed by atoms with van der Waals surface area (Å²) in [5, 5.41) is 0. The Hall–Kier alpha value is -2.11. The first kappa shape index (κ1) is 58.9. The predicted molar refractivity (Wildman–Crippen MR) is 261 cm³/mol. The average Bonchev–Trinajstić information content (AvgIpc) is 3.26. The van der Waals surface area contributed by atoms with Gasteiger partial charge in [0.1, 0.15) is 13.2 Å². The Kier molecular flexibility index (Phi) is 48.8. The van der Waals surface area contributed by atoms with Crippen molar-refractivity contribution in [3.8, 4) is 0 Å². The summed E-state index contributed by atoms with van der Waals surface area (Å²) in [6, 6.07) is 0. The van der Waals surface area contributed by atoms with Gasteiger partial charge >= 0.3 is 17.9 Å². The second kappa shape index (κ2) is 50.5. The van der Waals surface area contributed by atoms with Crippen LogP contribution in [0.1, 0.15) is 290 Å². The zero-order chi connectivity index (χ0) is 44.4. The van der Waals surface area contributed by atoms with Crippen molar-refractivity contribution in [2.45, 2.75) is 297 Å². The summed E-state index contributed by atoms with van der Waals surface area (Å²) >= 11 is 0. The third kappa shape index (κ3) is 48.8. The van der Waals surface area contributed by atoms with E-state index in [1.807, 2.05) is 0 Å². The number of ether oxygens (including phenoxy) is 3. The van der Waals surface area contributed by atoms with Gasteiger partial charge in [0.15, 0.2) is 6.10 Å². The molecule has 0 saturated heterocycles. The van der Waals surface area contributed by atoms with Crippen LogP contribution in [-0.2, 0) is 28.6 Å². The SMILES string of the molecule is CCCC/C=C\CCCCCCCC(=O)O[C@@H](COC(=O)CCCCCCCCCCCCC)COC(=O)CCCCCCCCCCCCC/C=C\CCCCCCCC. The van der Waals surface area contributed by atoms with Gasteiger partial charge in [-0.05, 0) is 64.2 Å². The minimum absolute atomic E-state index is 0.0711. The number of carbonyl (C=O) groups is 3. The molecule has 0 radical (unpaired) electrons. The van der Waals surface area contributed by atoms with E-state index in [4.69, 9.17) is 14.2 Å². The fraction of sp³-hybridized carbons (Fsp3) is 0.873. The van der Waals surface area contributed by atoms with Gasteiger partial charge in [-0.1, -0.05) is 231 Å². The van der Waals surface area contributed by atoms with Gasteiger partial charge in [-0.3, -0.25) is 14.4 Å². The molecular weight excluding hydrogens is 757 g/mol. The number of esters is 3. The molecule has 1 atom stereocenters. The number of hydrogen-bond donors (Lipinski definition) is 0. The van der Waals surface area contributed by atoms with Crippen molar-refractivity contribution in [3.05, 3.63) is 24.3 Å². The van der Waals surface area contributed by atoms with Gasteiger partial charge in [0.2, 0.25) is 0 Å². The molecular formula is C55H102O6. The normalized spacial score (nSPS) is 12.1. The van der Waals surface area contributed by atoms with Crippen molar-refractivity contribution in [3.63, 3.8) is 0 Å². The molecule has 6 nitrogen and oxygen atoms in total. The number of rotatable bonds is 49. The van der Waals surface area contributed by atoms with Gasteiger partial charge in [-0.15, -0.1) is 0 Å². The highest BCUT2D eigenvalue weighted by molar-refractivity contribution is 5.71. The molecule has 0 rings (SSSR count). The van der Waals surface area contributed by atoms with Crippen molar-refractivity contribution in [1.82, 2.24) is 0 Å². The predicted octanol–water partition coefficient (Wildman–Crippen LogP) is 17.5. The van der Waals surface area contributed by atoms with Gasteiger partial charge < -0.3 is 14.2 Å². The van der Waals surface area contributed by atoms with Crippen LogP contribution in [-0.4, -0.2) is 37.2 Å². The summed E-state index contributed by atoms with van der Waals surface area (Å²) in [7, 11) is 0. The van der Waals surface area contributed by atoms with Gasteiger partial charge in [0.05, 0.1) is 0 Å². The Labute approximate surface area is 379 Å². The van der Waals surface area contributed by atoms with Gasteiger partial charge in [0.25, 0.3) is 0 Å². The topological polar surface area (TPSA) is 78.9 Å². The van der Waals surface area contributed by atoms with E-state index >= 15 is 0 Å². The molecule has 0 saturated carbocycles. The fourth-order valence-electron chi connectivity index (χ4n) is 7.83. The highest BCUT2D eigenvalue weighted by atomic mass is 16.6. The molecule has 0 bridgehead atoms. The van der Waals surface area contributed by atoms with Gasteiger partial charge in [-0.25, -0.2) is 0 Å². The van der Waals surface area contributed by atoms with Gasteiger partial charge in [0, 0.05) is 19.3 Å². The molecule has 0 heterocycles. The van der Waals surface area contributed by atoms with Crippen molar-refractivity contribution < 1.29 is 28.6 Å². The fourth-order valence-corrected chi connectivity index (χ4v) is 7.83. The van der Waals surface area contributed by atoms with E-state index in [1.165, 1.54) is 186 Å². The second-order valence-electron chi connectivity index (χ2n) is 18.1. The second-order valence-corrected chi connectivity index (χ2v) is 18.1. The van der Waals surface area contributed by atoms with Crippen LogP contribution in [0.5, 0.6) is 0 Å². The van der Waals surface area contributed by atoms with Crippen LogP contribution in [0, 0.1) is 0 Å². The Morgan fingerprint density at radius 3 is 0.869 bits per heavy atom. The molecule has 0 spiro atoms. The summed E-state index contributed by atoms with van der Waals surface area (Å²) < 4.78 is 16.8. The molecule has 358 valence electrons. The minimum Gasteiger partial charge on any atom is -0.462 e. The molecule has 0 N–H and O–H groups in total. The lowest BCUT2D eigenvalue weighted by Crippen LogP contribution is -2.30. The molecule has 0 unspecified atom stereocenters. The summed E-state index contributed by atoms with van der Waals surface area (Å²) in [4.78, 5) is 37.9. The standard InChI is InChI=1S/C55H102O6/c1-4-7-10-13-16-19-22-23-24-25-26-27-28-29-30-31-34-36-39-42-45-48-54(57)60-51-52(61-55(58)49-46-43-40-37-33-21-18-15-12-9-6-3)50-59-53(56)47-44-41-38-35-32-20-17-14-11-8-5-2/h15,18,23-24,52H,4-14,16-17,19-22,25-51H2,1-3H3/b18-15-,24-23-/t52-/m0/s1. The lowest BCUT2D eigenvalue weighted by molar-refractivity contribution is -0.167. The molecule has 0 aromatic rings. The first-order valence-corrected chi connectivity index (χ1v) is 26.8. The van der Waals surface area contributed by atoms with Crippen LogP contribution in [0.25, 0.3) is 0 Å². The van der Waals surface area contributed by atoms with Crippen LogP contribution in [0.4, 0.5) is 0 Å². The Bertz CT molecular complexity index is 989. The maximum atomic E-state index is 12.7. The van der Waals surface area contributed by atoms with E-state index in [9.17, 15) is 14.4 Å². The molecule has 61 heavy (non-hydrogen) atoms. The third-order valence-electron chi connectivity index (χ3n) is 11.9. The van der Waals surface area contributed by atoms with E-state index in [2.05, 4.69) is 45.1 Å². The lowest BCUT2D eigenvalue weighted by Gasteiger charge is -2.18. The third-order valence-corrected chi connectivity index (χ3v) is 11.9. The van der Waals surface area contributed by atoms with Gasteiger partial charge in [-0.2, -0.15) is 0 Å². The van der Waals surface area contributed by atoms with E-state index in [1.54, 1.807) is 0 Å². The van der Waals surface area contributed by atoms with E-state index in [-0.39, 0.29) is 31.1 Å². The molecule has 0 aromatic carbocycles. The van der Waals surface area contributed by atoms with Crippen molar-refractivity contribution >= 4 is 17.9 Å². The van der Waals surface area contributed by atoms with Crippen molar-refractivity contribution in [2.75, 3.05) is 13.2 Å².